The van der Waals surface area contributed by atoms with Crippen LogP contribution in [0.3, 0.4) is 0 Å². The lowest BCUT2D eigenvalue weighted by Gasteiger charge is -2.21. The number of ether oxygens (including phenoxy) is 2. The third-order valence-electron chi connectivity index (χ3n) is 3.08. The molecule has 0 heterocycles. The second kappa shape index (κ2) is 15.8. The van der Waals surface area contributed by atoms with Crippen LogP contribution in [-0.2, 0) is 19.1 Å². The second-order valence-electron chi connectivity index (χ2n) is 5.16. The van der Waals surface area contributed by atoms with E-state index in [1.807, 2.05) is 0 Å². The van der Waals surface area contributed by atoms with E-state index in [2.05, 4.69) is 40.9 Å². The summed E-state index contributed by atoms with van der Waals surface area (Å²) >= 11 is 0. The average Bonchev–Trinajstić information content (AvgIpc) is 2.54. The Balaban J connectivity index is 0. The van der Waals surface area contributed by atoms with Gasteiger partial charge in [0.25, 0.3) is 0 Å². The van der Waals surface area contributed by atoms with E-state index >= 15 is 0 Å². The number of carbonyl (C=O) groups excluding carboxylic acids is 2. The van der Waals surface area contributed by atoms with Gasteiger partial charge in [-0.25, -0.2) is 9.59 Å². The molecule has 2 atom stereocenters. The molecule has 0 aliphatic heterocycles. The fourth-order valence-electron chi connectivity index (χ4n) is 1.69. The van der Waals surface area contributed by atoms with E-state index in [1.165, 1.54) is 6.42 Å². The van der Waals surface area contributed by atoms with Crippen molar-refractivity contribution in [2.24, 2.45) is 11.8 Å². The highest BCUT2D eigenvalue weighted by Gasteiger charge is 2.16. The highest BCUT2D eigenvalue weighted by molar-refractivity contribution is 5.81. The third kappa shape index (κ3) is 13.4. The maximum atomic E-state index is 11.0. The number of hydrogen-bond donors (Lipinski definition) is 0. The van der Waals surface area contributed by atoms with Crippen LogP contribution in [0, 0.1) is 11.8 Å². The molecule has 0 amide bonds. The van der Waals surface area contributed by atoms with Crippen LogP contribution in [0.15, 0.2) is 25.3 Å². The Labute approximate surface area is 135 Å². The molecule has 22 heavy (non-hydrogen) atoms. The van der Waals surface area contributed by atoms with E-state index in [1.54, 1.807) is 0 Å². The predicted octanol–water partition coefficient (Wildman–Crippen LogP) is 4.30. The fourth-order valence-corrected chi connectivity index (χ4v) is 1.69. The first-order valence-electron chi connectivity index (χ1n) is 8.07. The molecule has 0 fully saturated rings. The zero-order chi connectivity index (χ0) is 17.4. The fraction of sp³-hybridized carbons (Fsp3) is 0.667. The Kier molecular flexibility index (Phi) is 16.3. The predicted molar refractivity (Wildman–Crippen MR) is 90.5 cm³/mol. The summed E-state index contributed by atoms with van der Waals surface area (Å²) < 4.78 is 10.1. The Morgan fingerprint density at radius 1 is 0.864 bits per heavy atom. The van der Waals surface area contributed by atoms with Crippen molar-refractivity contribution < 1.29 is 19.1 Å². The van der Waals surface area contributed by atoms with Gasteiger partial charge in [-0.2, -0.15) is 0 Å². The molecule has 0 bridgehead atoms. The van der Waals surface area contributed by atoms with E-state index < -0.39 is 11.9 Å². The van der Waals surface area contributed by atoms with Crippen molar-refractivity contribution in [1.29, 1.82) is 0 Å². The molecule has 0 spiro atoms. The lowest BCUT2D eigenvalue weighted by molar-refractivity contribution is -0.139. The second-order valence-corrected chi connectivity index (χ2v) is 5.16. The van der Waals surface area contributed by atoms with Crippen molar-refractivity contribution in [2.45, 2.75) is 53.4 Å². The van der Waals surface area contributed by atoms with Gasteiger partial charge < -0.3 is 9.47 Å². The topological polar surface area (TPSA) is 52.6 Å². The standard InChI is InChI=1S/C15H24O4.C3H8/c1-5-12(10-18-14(16)7-3)9-13(6-2)11-19-15(17)8-4;1-3-2/h7-8,12-13H,3-6,9-11H2,1-2H3;3H2,1-2H3. The summed E-state index contributed by atoms with van der Waals surface area (Å²) in [5.74, 6) is -0.248. The van der Waals surface area contributed by atoms with Gasteiger partial charge in [-0.3, -0.25) is 0 Å². The molecule has 0 rings (SSSR count). The summed E-state index contributed by atoms with van der Waals surface area (Å²) in [5.41, 5.74) is 0. The van der Waals surface area contributed by atoms with Crippen molar-refractivity contribution >= 4 is 11.9 Å². The van der Waals surface area contributed by atoms with Gasteiger partial charge in [-0.05, 0) is 18.3 Å². The van der Waals surface area contributed by atoms with Crippen molar-refractivity contribution in [3.63, 3.8) is 0 Å². The molecule has 128 valence electrons. The molecule has 0 aliphatic rings. The summed E-state index contributed by atoms with van der Waals surface area (Å²) in [6.07, 6.45) is 6.26. The van der Waals surface area contributed by atoms with E-state index in [0.29, 0.717) is 13.2 Å². The van der Waals surface area contributed by atoms with E-state index in [9.17, 15) is 9.59 Å². The number of rotatable bonds is 10. The van der Waals surface area contributed by atoms with Gasteiger partial charge in [-0.1, -0.05) is 60.1 Å². The van der Waals surface area contributed by atoms with Crippen LogP contribution in [-0.4, -0.2) is 25.2 Å². The van der Waals surface area contributed by atoms with Crippen molar-refractivity contribution in [2.75, 3.05) is 13.2 Å². The first kappa shape index (κ1) is 22.7. The molecule has 0 saturated heterocycles. The zero-order valence-corrected chi connectivity index (χ0v) is 14.6. The van der Waals surface area contributed by atoms with Gasteiger partial charge in [0.1, 0.15) is 0 Å². The van der Waals surface area contributed by atoms with Crippen LogP contribution in [0.4, 0.5) is 0 Å². The maximum absolute atomic E-state index is 11.0. The van der Waals surface area contributed by atoms with E-state index in [-0.39, 0.29) is 11.8 Å². The average molecular weight is 312 g/mol. The number of esters is 2. The minimum Gasteiger partial charge on any atom is -0.462 e. The van der Waals surface area contributed by atoms with Crippen LogP contribution in [0.25, 0.3) is 0 Å². The minimum absolute atomic E-state index is 0.274. The van der Waals surface area contributed by atoms with Gasteiger partial charge in [-0.15, -0.1) is 0 Å². The lowest BCUT2D eigenvalue weighted by Crippen LogP contribution is -2.19. The first-order chi connectivity index (χ1) is 10.5. The number of carbonyl (C=O) groups is 2. The summed E-state index contributed by atoms with van der Waals surface area (Å²) in [6, 6.07) is 0. The Morgan fingerprint density at radius 3 is 1.41 bits per heavy atom. The van der Waals surface area contributed by atoms with Gasteiger partial charge in [0.05, 0.1) is 13.2 Å². The molecule has 0 aromatic heterocycles. The molecule has 4 nitrogen and oxygen atoms in total. The quantitative estimate of drug-likeness (QED) is 0.446. The molecule has 0 radical (unpaired) electrons. The Morgan fingerprint density at radius 2 is 1.18 bits per heavy atom. The molecular weight excluding hydrogens is 280 g/mol. The molecule has 0 aromatic carbocycles. The summed E-state index contributed by atoms with van der Waals surface area (Å²) in [5, 5.41) is 0. The molecule has 0 N–H and O–H groups in total. The largest absolute Gasteiger partial charge is 0.462 e. The monoisotopic (exact) mass is 312 g/mol. The maximum Gasteiger partial charge on any atom is 0.330 e. The normalized spacial score (nSPS) is 12.2. The molecule has 0 aromatic rings. The first-order valence-corrected chi connectivity index (χ1v) is 8.07. The van der Waals surface area contributed by atoms with Gasteiger partial charge in [0, 0.05) is 12.2 Å². The third-order valence-corrected chi connectivity index (χ3v) is 3.08. The van der Waals surface area contributed by atoms with Crippen LogP contribution in [0.5, 0.6) is 0 Å². The smallest absolute Gasteiger partial charge is 0.330 e. The summed E-state index contributed by atoms with van der Waals surface area (Å²) in [4.78, 5) is 22.0. The van der Waals surface area contributed by atoms with Gasteiger partial charge in [0.2, 0.25) is 0 Å². The van der Waals surface area contributed by atoms with Crippen LogP contribution >= 0.6 is 0 Å². The van der Waals surface area contributed by atoms with E-state index in [0.717, 1.165) is 31.4 Å². The van der Waals surface area contributed by atoms with Crippen LogP contribution in [0.1, 0.15) is 53.4 Å². The molecule has 0 saturated carbocycles. The molecular formula is C18H32O4. The Hall–Kier alpha value is -1.58. The molecule has 2 unspecified atom stereocenters. The Bertz CT molecular complexity index is 293. The van der Waals surface area contributed by atoms with Crippen molar-refractivity contribution in [3.8, 4) is 0 Å². The van der Waals surface area contributed by atoms with E-state index in [4.69, 9.17) is 9.47 Å². The van der Waals surface area contributed by atoms with Crippen molar-refractivity contribution in [3.05, 3.63) is 25.3 Å². The lowest BCUT2D eigenvalue weighted by atomic mass is 9.92. The van der Waals surface area contributed by atoms with Crippen LogP contribution in [0.2, 0.25) is 0 Å². The highest BCUT2D eigenvalue weighted by Crippen LogP contribution is 2.19. The number of hydrogen-bond acceptors (Lipinski definition) is 4. The van der Waals surface area contributed by atoms with Crippen molar-refractivity contribution in [1.82, 2.24) is 0 Å². The molecule has 4 heteroatoms. The SMILES string of the molecule is C=CC(=O)OCC(CC)CC(CC)COC(=O)C=C.CCC. The van der Waals surface area contributed by atoms with Gasteiger partial charge >= 0.3 is 11.9 Å². The zero-order valence-electron chi connectivity index (χ0n) is 14.6. The highest BCUT2D eigenvalue weighted by atomic mass is 16.5. The minimum atomic E-state index is -0.399. The summed E-state index contributed by atoms with van der Waals surface area (Å²) in [6.45, 7) is 15.8. The molecule has 0 aliphatic carbocycles. The van der Waals surface area contributed by atoms with Crippen LogP contribution < -0.4 is 0 Å². The van der Waals surface area contributed by atoms with Gasteiger partial charge in [0.15, 0.2) is 0 Å². The summed E-state index contributed by atoms with van der Waals surface area (Å²) in [7, 11) is 0.